The highest BCUT2D eigenvalue weighted by molar-refractivity contribution is 7.11. The van der Waals surface area contributed by atoms with E-state index in [1.807, 2.05) is 13.8 Å². The minimum atomic E-state index is -1.03. The molecule has 4 heterocycles. The largest absolute Gasteiger partial charge is 0.492 e. The van der Waals surface area contributed by atoms with Gasteiger partial charge < -0.3 is 25.7 Å². The maximum atomic E-state index is 13.9. The fourth-order valence-electron chi connectivity index (χ4n) is 3.60. The molecule has 1 amide bonds. The van der Waals surface area contributed by atoms with Gasteiger partial charge in [0.1, 0.15) is 22.1 Å². The van der Waals surface area contributed by atoms with Crippen molar-refractivity contribution in [1.82, 2.24) is 19.7 Å². The Morgan fingerprint density at radius 2 is 2.12 bits per heavy atom. The average Bonchev–Trinajstić information content (AvgIpc) is 3.36. The Morgan fingerprint density at radius 3 is 2.82 bits per heavy atom. The van der Waals surface area contributed by atoms with E-state index in [0.29, 0.717) is 16.3 Å². The van der Waals surface area contributed by atoms with Crippen LogP contribution in [0.4, 0.5) is 25.2 Å². The highest BCUT2D eigenvalue weighted by Gasteiger charge is 2.30. The molecule has 0 aliphatic carbocycles. The van der Waals surface area contributed by atoms with Crippen molar-refractivity contribution in [2.45, 2.75) is 32.9 Å². The molecule has 0 saturated heterocycles. The summed E-state index contributed by atoms with van der Waals surface area (Å²) < 4.78 is 31.4. The minimum Gasteiger partial charge on any atom is -0.492 e. The molecule has 13 heteroatoms. The number of pyridine rings is 2. The Balaban J connectivity index is 1.61. The number of hydrogen-bond acceptors (Lipinski definition) is 9. The lowest BCUT2D eigenvalue weighted by Gasteiger charge is -2.18. The normalized spacial score (nSPS) is 12.7. The van der Waals surface area contributed by atoms with E-state index in [0.717, 1.165) is 17.6 Å². The van der Waals surface area contributed by atoms with E-state index in [9.17, 15) is 23.8 Å². The number of aliphatic hydroxyl groups is 1. The van der Waals surface area contributed by atoms with E-state index in [-0.39, 0.29) is 53.2 Å². The van der Waals surface area contributed by atoms with Crippen LogP contribution in [0.15, 0.2) is 18.3 Å². The third-order valence-electron chi connectivity index (χ3n) is 5.12. The van der Waals surface area contributed by atoms with Crippen molar-refractivity contribution >= 4 is 39.7 Å². The topological polar surface area (TPSA) is 147 Å². The van der Waals surface area contributed by atoms with Crippen LogP contribution < -0.4 is 15.5 Å². The summed E-state index contributed by atoms with van der Waals surface area (Å²) in [6, 6.07) is 2.33. The zero-order valence-corrected chi connectivity index (χ0v) is 19.0. The molecule has 4 rings (SSSR count). The molecular weight excluding hydrogens is 468 g/mol. The number of nitrogens with zero attached hydrogens (tertiary/aromatic N) is 4. The van der Waals surface area contributed by atoms with Crippen LogP contribution in [0.5, 0.6) is 5.88 Å². The summed E-state index contributed by atoms with van der Waals surface area (Å²) in [5, 5.41) is 34.4. The van der Waals surface area contributed by atoms with Crippen molar-refractivity contribution in [3.05, 3.63) is 52.6 Å². The van der Waals surface area contributed by atoms with E-state index >= 15 is 0 Å². The van der Waals surface area contributed by atoms with Crippen molar-refractivity contribution in [3.8, 4) is 5.88 Å². The van der Waals surface area contributed by atoms with Crippen LogP contribution in [0, 0.1) is 17.3 Å². The number of aromatic hydroxyl groups is 1. The summed E-state index contributed by atoms with van der Waals surface area (Å²) >= 11 is 0.918. The number of hydrogen-bond donors (Lipinski definition) is 5. The zero-order valence-electron chi connectivity index (χ0n) is 18.2. The van der Waals surface area contributed by atoms with Gasteiger partial charge in [-0.05, 0) is 37.9 Å². The predicted octanol–water partition coefficient (Wildman–Crippen LogP) is 2.68. The van der Waals surface area contributed by atoms with E-state index in [4.69, 9.17) is 5.41 Å². The first kappa shape index (κ1) is 23.4. The van der Waals surface area contributed by atoms with Gasteiger partial charge in [0, 0.05) is 29.8 Å². The van der Waals surface area contributed by atoms with Crippen molar-refractivity contribution in [2.75, 3.05) is 16.8 Å². The molecule has 0 fully saturated rings. The third kappa shape index (κ3) is 4.39. The van der Waals surface area contributed by atoms with E-state index in [1.165, 1.54) is 17.2 Å². The number of carbonyl (C=O) groups is 1. The number of amides is 1. The second kappa shape index (κ2) is 9.27. The molecule has 1 aliphatic heterocycles. The van der Waals surface area contributed by atoms with E-state index in [2.05, 4.69) is 25.0 Å². The molecule has 10 nitrogen and oxygen atoms in total. The van der Waals surface area contributed by atoms with Crippen LogP contribution in [0.3, 0.4) is 0 Å². The molecule has 5 N–H and O–H groups in total. The maximum absolute atomic E-state index is 13.9. The molecule has 0 spiro atoms. The molecule has 0 radical (unpaired) electrons. The van der Waals surface area contributed by atoms with Crippen LogP contribution in [-0.2, 0) is 13.0 Å². The molecule has 0 aromatic carbocycles. The zero-order chi connectivity index (χ0) is 24.6. The number of anilines is 3. The van der Waals surface area contributed by atoms with Gasteiger partial charge in [-0.2, -0.15) is 18.1 Å². The first-order chi connectivity index (χ1) is 16.2. The van der Waals surface area contributed by atoms with Gasteiger partial charge in [-0.25, -0.2) is 4.98 Å². The molecule has 0 bridgehead atoms. The summed E-state index contributed by atoms with van der Waals surface area (Å²) in [5.41, 5.74) is 1.04. The molecule has 3 aromatic heterocycles. The van der Waals surface area contributed by atoms with E-state index < -0.39 is 24.4 Å². The Labute approximate surface area is 197 Å². The third-order valence-corrected chi connectivity index (χ3v) is 5.88. The maximum Gasteiger partial charge on any atom is 0.276 e. The summed E-state index contributed by atoms with van der Waals surface area (Å²) in [4.78, 5) is 21.6. The fraction of sp³-hybridized carbons (Fsp3) is 0.286. The number of amidine groups is 1. The lowest BCUT2D eigenvalue weighted by atomic mass is 10.1. The molecular formula is C21H21F2N7O3S. The average molecular weight is 490 g/mol. The van der Waals surface area contributed by atoms with Gasteiger partial charge in [-0.1, -0.05) is 0 Å². The van der Waals surface area contributed by atoms with Crippen molar-refractivity contribution < 1.29 is 23.8 Å². The fourth-order valence-corrected chi connectivity index (χ4v) is 4.31. The number of fused-ring (bicyclic) bond motifs is 1. The molecule has 0 atom stereocenters. The summed E-state index contributed by atoms with van der Waals surface area (Å²) in [7, 11) is 0. The van der Waals surface area contributed by atoms with Crippen molar-refractivity contribution in [2.24, 2.45) is 0 Å². The van der Waals surface area contributed by atoms with Gasteiger partial charge >= 0.3 is 0 Å². The smallest absolute Gasteiger partial charge is 0.276 e. The SMILES string of the molecule is CC(C)NC(=N)c1c(O)nsc1Nc1cnc(C(=O)N2CCc3c2cc(F)nc3F)cc1CO. The monoisotopic (exact) mass is 489 g/mol. The predicted molar refractivity (Wildman–Crippen MR) is 122 cm³/mol. The second-order valence-corrected chi connectivity index (χ2v) is 8.61. The standard InChI is InChI=1S/C21H21F2N7O3S/c1-9(2)26-18(24)16-19(32)29-34-20(16)27-13-7-25-12(5-10(13)8-31)21(33)30-4-3-11-14(30)6-15(22)28-17(11)23/h5-7,9,27,31H,3-4,8H2,1-2H3,(H2,24,26)(H,29,32). The van der Waals surface area contributed by atoms with Gasteiger partial charge in [0.25, 0.3) is 5.91 Å². The number of halogens is 2. The summed E-state index contributed by atoms with van der Waals surface area (Å²) in [6.45, 7) is 3.39. The Hall–Kier alpha value is -3.71. The van der Waals surface area contributed by atoms with E-state index in [1.54, 1.807) is 0 Å². The van der Waals surface area contributed by atoms with Gasteiger partial charge in [0.05, 0.1) is 24.2 Å². The Kier molecular flexibility index (Phi) is 6.39. The van der Waals surface area contributed by atoms with Crippen molar-refractivity contribution in [3.63, 3.8) is 0 Å². The summed E-state index contributed by atoms with van der Waals surface area (Å²) in [5.74, 6) is -2.91. The minimum absolute atomic E-state index is 0.0262. The highest BCUT2D eigenvalue weighted by Crippen LogP contribution is 2.34. The molecule has 0 saturated carbocycles. The number of nitrogens with one attached hydrogen (secondary N) is 3. The Morgan fingerprint density at radius 1 is 1.35 bits per heavy atom. The van der Waals surface area contributed by atoms with Gasteiger partial charge in [-0.15, -0.1) is 0 Å². The van der Waals surface area contributed by atoms with Crippen LogP contribution in [0.1, 0.15) is 41.0 Å². The van der Waals surface area contributed by atoms with Crippen LogP contribution in [0.2, 0.25) is 0 Å². The first-order valence-electron chi connectivity index (χ1n) is 10.3. The molecule has 34 heavy (non-hydrogen) atoms. The molecule has 178 valence electrons. The molecule has 1 aliphatic rings. The van der Waals surface area contributed by atoms with Crippen LogP contribution >= 0.6 is 11.5 Å². The second-order valence-electron chi connectivity index (χ2n) is 7.83. The molecule has 0 unspecified atom stereocenters. The lowest BCUT2D eigenvalue weighted by Crippen LogP contribution is -2.30. The number of aliphatic hydroxyl groups excluding tert-OH is 1. The van der Waals surface area contributed by atoms with Crippen molar-refractivity contribution in [1.29, 1.82) is 5.41 Å². The first-order valence-corrected chi connectivity index (χ1v) is 11.0. The summed E-state index contributed by atoms with van der Waals surface area (Å²) in [6.07, 6.45) is 1.52. The number of carbonyl (C=O) groups excluding carboxylic acids is 1. The lowest BCUT2D eigenvalue weighted by molar-refractivity contribution is 0.0984. The number of rotatable bonds is 6. The van der Waals surface area contributed by atoms with Crippen LogP contribution in [0.25, 0.3) is 0 Å². The molecule has 3 aromatic rings. The van der Waals surface area contributed by atoms with Gasteiger partial charge in [-0.3, -0.25) is 10.2 Å². The van der Waals surface area contributed by atoms with Crippen LogP contribution in [-0.4, -0.2) is 48.9 Å². The number of aromatic nitrogens is 3. The van der Waals surface area contributed by atoms with Gasteiger partial charge in [0.2, 0.25) is 17.8 Å². The van der Waals surface area contributed by atoms with Gasteiger partial charge in [0.15, 0.2) is 0 Å². The highest BCUT2D eigenvalue weighted by atomic mass is 32.1. The quantitative estimate of drug-likeness (QED) is 0.202. The Bertz CT molecular complexity index is 1280.